The molecule has 102 valence electrons. The van der Waals surface area contributed by atoms with Gasteiger partial charge in [0.05, 0.1) is 6.61 Å². The van der Waals surface area contributed by atoms with Crippen molar-refractivity contribution in [1.82, 2.24) is 5.32 Å². The van der Waals surface area contributed by atoms with E-state index in [9.17, 15) is 0 Å². The fraction of sp³-hybridized carbons (Fsp3) is 0.600. The van der Waals surface area contributed by atoms with Gasteiger partial charge in [-0.25, -0.2) is 0 Å². The smallest absolute Gasteiger partial charge is 0.0521 e. The largest absolute Gasteiger partial charge is 0.396 e. The number of thioether (sulfide) groups is 1. The molecule has 0 spiro atoms. The lowest BCUT2D eigenvalue weighted by Crippen LogP contribution is -2.29. The molecule has 3 heteroatoms. The molecule has 0 amide bonds. The van der Waals surface area contributed by atoms with Crippen molar-refractivity contribution in [1.29, 1.82) is 0 Å². The quantitative estimate of drug-likeness (QED) is 0.759. The SMILES string of the molecule is CCCNC(c1ccc(C)cc1)C(C)SCCO. The Morgan fingerprint density at radius 3 is 2.50 bits per heavy atom. The molecule has 0 heterocycles. The van der Waals surface area contributed by atoms with Gasteiger partial charge in [-0.3, -0.25) is 0 Å². The monoisotopic (exact) mass is 267 g/mol. The first kappa shape index (κ1) is 15.5. The molecule has 0 bridgehead atoms. The highest BCUT2D eigenvalue weighted by Gasteiger charge is 2.18. The van der Waals surface area contributed by atoms with Gasteiger partial charge in [0.2, 0.25) is 0 Å². The number of aliphatic hydroxyl groups excluding tert-OH is 1. The van der Waals surface area contributed by atoms with Crippen molar-refractivity contribution in [3.63, 3.8) is 0 Å². The van der Waals surface area contributed by atoms with Crippen LogP contribution in [0.4, 0.5) is 0 Å². The predicted molar refractivity (Wildman–Crippen MR) is 81.2 cm³/mol. The lowest BCUT2D eigenvalue weighted by Gasteiger charge is -2.25. The first-order valence-corrected chi connectivity index (χ1v) is 7.76. The van der Waals surface area contributed by atoms with Crippen LogP contribution in [-0.4, -0.2) is 29.3 Å². The molecule has 1 aromatic carbocycles. The minimum absolute atomic E-state index is 0.253. The number of hydrogen-bond donors (Lipinski definition) is 2. The van der Waals surface area contributed by atoms with E-state index in [1.807, 2.05) is 11.8 Å². The summed E-state index contributed by atoms with van der Waals surface area (Å²) in [6, 6.07) is 9.11. The van der Waals surface area contributed by atoms with Crippen LogP contribution in [0.2, 0.25) is 0 Å². The summed E-state index contributed by atoms with van der Waals surface area (Å²) < 4.78 is 0. The Labute approximate surface area is 115 Å². The third kappa shape index (κ3) is 5.01. The Morgan fingerprint density at radius 1 is 1.28 bits per heavy atom. The van der Waals surface area contributed by atoms with Crippen molar-refractivity contribution in [2.24, 2.45) is 0 Å². The van der Waals surface area contributed by atoms with Crippen molar-refractivity contribution in [2.45, 2.75) is 38.5 Å². The van der Waals surface area contributed by atoms with Crippen molar-refractivity contribution in [3.05, 3.63) is 35.4 Å². The third-order valence-corrected chi connectivity index (χ3v) is 4.21. The molecule has 0 aromatic heterocycles. The van der Waals surface area contributed by atoms with Crippen LogP contribution in [-0.2, 0) is 0 Å². The average molecular weight is 267 g/mol. The van der Waals surface area contributed by atoms with Crippen LogP contribution in [0.25, 0.3) is 0 Å². The maximum Gasteiger partial charge on any atom is 0.0521 e. The maximum absolute atomic E-state index is 8.94. The highest BCUT2D eigenvalue weighted by molar-refractivity contribution is 7.99. The van der Waals surface area contributed by atoms with Crippen LogP contribution < -0.4 is 5.32 Å². The lowest BCUT2D eigenvalue weighted by molar-refractivity contribution is 0.322. The summed E-state index contributed by atoms with van der Waals surface area (Å²) in [6.45, 7) is 7.81. The number of aliphatic hydroxyl groups is 1. The van der Waals surface area contributed by atoms with Crippen molar-refractivity contribution < 1.29 is 5.11 Å². The Hall–Kier alpha value is -0.510. The molecule has 0 saturated carbocycles. The maximum atomic E-state index is 8.94. The third-order valence-electron chi connectivity index (χ3n) is 2.99. The topological polar surface area (TPSA) is 32.3 Å². The molecule has 0 aliphatic rings. The molecule has 1 aromatic rings. The van der Waals surface area contributed by atoms with Gasteiger partial charge in [0.1, 0.15) is 0 Å². The van der Waals surface area contributed by atoms with Gasteiger partial charge in [0.15, 0.2) is 0 Å². The molecule has 1 rings (SSSR count). The summed E-state index contributed by atoms with van der Waals surface area (Å²) in [5.74, 6) is 0.803. The normalized spacial score (nSPS) is 14.4. The van der Waals surface area contributed by atoms with E-state index in [-0.39, 0.29) is 6.61 Å². The van der Waals surface area contributed by atoms with Crippen LogP contribution in [0, 0.1) is 6.92 Å². The van der Waals surface area contributed by atoms with E-state index in [0.717, 1.165) is 18.7 Å². The van der Waals surface area contributed by atoms with Crippen LogP contribution in [0.3, 0.4) is 0 Å². The zero-order valence-corrected chi connectivity index (χ0v) is 12.5. The minimum atomic E-state index is 0.253. The molecule has 2 nitrogen and oxygen atoms in total. The molecule has 2 N–H and O–H groups in total. The zero-order chi connectivity index (χ0) is 13.4. The van der Waals surface area contributed by atoms with Crippen molar-refractivity contribution in [3.8, 4) is 0 Å². The van der Waals surface area contributed by atoms with Crippen molar-refractivity contribution in [2.75, 3.05) is 18.9 Å². The summed E-state index contributed by atoms with van der Waals surface area (Å²) in [5, 5.41) is 13.0. The summed E-state index contributed by atoms with van der Waals surface area (Å²) in [6.07, 6.45) is 1.14. The Balaban J connectivity index is 2.73. The summed E-state index contributed by atoms with van der Waals surface area (Å²) >= 11 is 1.82. The number of rotatable bonds is 8. The number of nitrogens with one attached hydrogen (secondary N) is 1. The number of aryl methyl sites for hydroxylation is 1. The van der Waals surface area contributed by atoms with Gasteiger partial charge in [-0.2, -0.15) is 11.8 Å². The molecule has 18 heavy (non-hydrogen) atoms. The van der Waals surface area contributed by atoms with Crippen LogP contribution >= 0.6 is 11.8 Å². The van der Waals surface area contributed by atoms with E-state index in [4.69, 9.17) is 5.11 Å². The molecule has 0 aliphatic heterocycles. The van der Waals surface area contributed by atoms with Crippen molar-refractivity contribution >= 4 is 11.8 Å². The fourth-order valence-electron chi connectivity index (χ4n) is 1.96. The fourth-order valence-corrected chi connectivity index (χ4v) is 2.89. The highest BCUT2D eigenvalue weighted by Crippen LogP contribution is 2.26. The minimum Gasteiger partial charge on any atom is -0.396 e. The Morgan fingerprint density at radius 2 is 1.94 bits per heavy atom. The van der Waals surface area contributed by atoms with Gasteiger partial charge in [-0.05, 0) is 25.5 Å². The highest BCUT2D eigenvalue weighted by atomic mass is 32.2. The van der Waals surface area contributed by atoms with E-state index >= 15 is 0 Å². The van der Waals surface area contributed by atoms with E-state index in [2.05, 4.69) is 50.4 Å². The van der Waals surface area contributed by atoms with E-state index < -0.39 is 0 Å². The first-order chi connectivity index (χ1) is 8.69. The second-order valence-electron chi connectivity index (χ2n) is 4.64. The van der Waals surface area contributed by atoms with Gasteiger partial charge >= 0.3 is 0 Å². The summed E-state index contributed by atoms with van der Waals surface area (Å²) in [5.41, 5.74) is 2.63. The average Bonchev–Trinajstić information content (AvgIpc) is 2.38. The van der Waals surface area contributed by atoms with E-state index in [1.165, 1.54) is 11.1 Å². The molecule has 0 fully saturated rings. The first-order valence-electron chi connectivity index (χ1n) is 6.71. The molecule has 0 saturated heterocycles. The lowest BCUT2D eigenvalue weighted by atomic mass is 10.0. The Kier molecular flexibility index (Phi) is 7.40. The molecule has 2 atom stereocenters. The van der Waals surface area contributed by atoms with Gasteiger partial charge in [0, 0.05) is 17.0 Å². The standard InChI is InChI=1S/C15H25NOS/c1-4-9-16-15(13(3)18-11-10-17)14-7-5-12(2)6-8-14/h5-8,13,15-17H,4,9-11H2,1-3H3. The predicted octanol–water partition coefficient (Wildman–Crippen LogP) is 3.15. The summed E-state index contributed by atoms with van der Waals surface area (Å²) in [4.78, 5) is 0. The Bertz CT molecular complexity index is 326. The van der Waals surface area contributed by atoms with Gasteiger partial charge < -0.3 is 10.4 Å². The van der Waals surface area contributed by atoms with Gasteiger partial charge in [-0.1, -0.05) is 43.7 Å². The molecule has 0 aliphatic carbocycles. The second kappa shape index (κ2) is 8.57. The molecular formula is C15H25NOS. The van der Waals surface area contributed by atoms with Gasteiger partial charge in [-0.15, -0.1) is 0 Å². The molecular weight excluding hydrogens is 242 g/mol. The van der Waals surface area contributed by atoms with Crippen LogP contribution in [0.1, 0.15) is 37.4 Å². The number of benzene rings is 1. The van der Waals surface area contributed by atoms with Crippen LogP contribution in [0.5, 0.6) is 0 Å². The summed E-state index contributed by atoms with van der Waals surface area (Å²) in [7, 11) is 0. The second-order valence-corrected chi connectivity index (χ2v) is 6.13. The number of hydrogen-bond acceptors (Lipinski definition) is 3. The van der Waals surface area contributed by atoms with Gasteiger partial charge in [0.25, 0.3) is 0 Å². The van der Waals surface area contributed by atoms with Crippen LogP contribution in [0.15, 0.2) is 24.3 Å². The molecule has 2 unspecified atom stereocenters. The van der Waals surface area contributed by atoms with E-state index in [1.54, 1.807) is 0 Å². The molecule has 0 radical (unpaired) electrons. The zero-order valence-electron chi connectivity index (χ0n) is 11.6. The van der Waals surface area contributed by atoms with E-state index in [0.29, 0.717) is 11.3 Å².